The lowest BCUT2D eigenvalue weighted by molar-refractivity contribution is 0.210. The summed E-state index contributed by atoms with van der Waals surface area (Å²) in [6, 6.07) is 0. The third kappa shape index (κ3) is 4.99. The monoisotopic (exact) mass is 239 g/mol. The van der Waals surface area contributed by atoms with E-state index in [1.54, 1.807) is 0 Å². The number of nitrogens with two attached hydrogens (primary N) is 1. The van der Waals surface area contributed by atoms with Crippen LogP contribution in [0.25, 0.3) is 0 Å². The van der Waals surface area contributed by atoms with Crippen molar-refractivity contribution in [2.24, 2.45) is 11.7 Å². The molecule has 1 aliphatic carbocycles. The second kappa shape index (κ2) is 8.13. The van der Waals surface area contributed by atoms with Crippen LogP contribution >= 0.6 is 0 Å². The van der Waals surface area contributed by atoms with Gasteiger partial charge in [0.1, 0.15) is 0 Å². The van der Waals surface area contributed by atoms with Crippen LogP contribution in [0.15, 0.2) is 0 Å². The molecule has 0 saturated heterocycles. The maximum absolute atomic E-state index is 6.69. The molecule has 1 nitrogen and oxygen atoms in total. The van der Waals surface area contributed by atoms with Crippen molar-refractivity contribution in [3.8, 4) is 0 Å². The molecule has 0 aromatic carbocycles. The molecule has 17 heavy (non-hydrogen) atoms. The SMILES string of the molecule is CCC1CCCCCCCCCCC1(N)CC. The van der Waals surface area contributed by atoms with Crippen LogP contribution in [0, 0.1) is 5.92 Å². The van der Waals surface area contributed by atoms with Crippen LogP contribution in [0.5, 0.6) is 0 Å². The van der Waals surface area contributed by atoms with Gasteiger partial charge in [0.25, 0.3) is 0 Å². The molecule has 102 valence electrons. The lowest BCUT2D eigenvalue weighted by Gasteiger charge is -2.37. The van der Waals surface area contributed by atoms with Gasteiger partial charge in [-0.15, -0.1) is 0 Å². The summed E-state index contributed by atoms with van der Waals surface area (Å²) in [5, 5.41) is 0. The molecule has 2 N–H and O–H groups in total. The van der Waals surface area contributed by atoms with E-state index in [1.165, 1.54) is 70.6 Å². The maximum Gasteiger partial charge on any atom is 0.0180 e. The van der Waals surface area contributed by atoms with E-state index in [9.17, 15) is 0 Å². The Hall–Kier alpha value is -0.0400. The third-order valence-corrected chi connectivity index (χ3v) is 4.91. The summed E-state index contributed by atoms with van der Waals surface area (Å²) in [6.45, 7) is 4.61. The van der Waals surface area contributed by atoms with Crippen LogP contribution < -0.4 is 5.73 Å². The van der Waals surface area contributed by atoms with Crippen molar-refractivity contribution in [1.29, 1.82) is 0 Å². The zero-order valence-electron chi connectivity index (χ0n) is 12.1. The average Bonchev–Trinajstić information content (AvgIpc) is 2.34. The van der Waals surface area contributed by atoms with Crippen LogP contribution in [-0.4, -0.2) is 5.54 Å². The first-order chi connectivity index (χ1) is 8.23. The Kier molecular flexibility index (Phi) is 7.18. The van der Waals surface area contributed by atoms with Crippen LogP contribution in [0.1, 0.15) is 90.9 Å². The Morgan fingerprint density at radius 3 is 1.94 bits per heavy atom. The minimum atomic E-state index is 0.133. The Morgan fingerprint density at radius 2 is 1.41 bits per heavy atom. The summed E-state index contributed by atoms with van der Waals surface area (Å²) >= 11 is 0. The quantitative estimate of drug-likeness (QED) is 0.718. The maximum atomic E-state index is 6.69. The van der Waals surface area contributed by atoms with E-state index in [-0.39, 0.29) is 5.54 Å². The van der Waals surface area contributed by atoms with E-state index in [4.69, 9.17) is 5.73 Å². The van der Waals surface area contributed by atoms with Crippen LogP contribution in [0.2, 0.25) is 0 Å². The molecule has 1 heteroatoms. The van der Waals surface area contributed by atoms with Crippen LogP contribution in [-0.2, 0) is 0 Å². The summed E-state index contributed by atoms with van der Waals surface area (Å²) in [5.74, 6) is 0.756. The fraction of sp³-hybridized carbons (Fsp3) is 1.00. The highest BCUT2D eigenvalue weighted by atomic mass is 14.8. The van der Waals surface area contributed by atoms with Gasteiger partial charge in [-0.25, -0.2) is 0 Å². The van der Waals surface area contributed by atoms with E-state index in [2.05, 4.69) is 13.8 Å². The summed E-state index contributed by atoms with van der Waals surface area (Å²) in [6.07, 6.45) is 16.4. The van der Waals surface area contributed by atoms with E-state index >= 15 is 0 Å². The van der Waals surface area contributed by atoms with Crippen molar-refractivity contribution in [2.45, 2.75) is 96.4 Å². The highest BCUT2D eigenvalue weighted by Crippen LogP contribution is 2.32. The predicted octanol–water partition coefficient (Wildman–Crippen LogP) is 5.03. The van der Waals surface area contributed by atoms with Crippen molar-refractivity contribution in [2.75, 3.05) is 0 Å². The molecular formula is C16H33N. The Morgan fingerprint density at radius 1 is 0.882 bits per heavy atom. The average molecular weight is 239 g/mol. The molecule has 0 radical (unpaired) electrons. The molecule has 0 bridgehead atoms. The van der Waals surface area contributed by atoms with Gasteiger partial charge in [0.2, 0.25) is 0 Å². The molecule has 1 rings (SSSR count). The van der Waals surface area contributed by atoms with E-state index in [0.717, 1.165) is 12.3 Å². The largest absolute Gasteiger partial charge is 0.325 e. The fourth-order valence-corrected chi connectivity index (χ4v) is 3.47. The van der Waals surface area contributed by atoms with Crippen molar-refractivity contribution in [1.82, 2.24) is 0 Å². The summed E-state index contributed by atoms with van der Waals surface area (Å²) in [5.41, 5.74) is 6.83. The molecular weight excluding hydrogens is 206 g/mol. The van der Waals surface area contributed by atoms with Gasteiger partial charge >= 0.3 is 0 Å². The molecule has 0 aromatic rings. The molecule has 1 saturated carbocycles. The first kappa shape index (κ1) is 15.0. The van der Waals surface area contributed by atoms with Crippen molar-refractivity contribution in [3.63, 3.8) is 0 Å². The van der Waals surface area contributed by atoms with E-state index < -0.39 is 0 Å². The first-order valence-electron chi connectivity index (χ1n) is 8.02. The standard InChI is InChI=1S/C16H33N/c1-3-15-13-11-9-7-5-6-8-10-12-14-16(15,17)4-2/h15H,3-14,17H2,1-2H3. The zero-order valence-corrected chi connectivity index (χ0v) is 12.1. The number of hydrogen-bond donors (Lipinski definition) is 1. The molecule has 1 aliphatic rings. The number of rotatable bonds is 2. The first-order valence-corrected chi connectivity index (χ1v) is 8.02. The Balaban J connectivity index is 2.55. The molecule has 1 fully saturated rings. The predicted molar refractivity (Wildman–Crippen MR) is 77.2 cm³/mol. The molecule has 0 spiro atoms. The lowest BCUT2D eigenvalue weighted by atomic mass is 9.74. The van der Waals surface area contributed by atoms with Gasteiger partial charge in [-0.3, -0.25) is 0 Å². The second-order valence-corrected chi connectivity index (χ2v) is 6.06. The molecule has 0 aromatic heterocycles. The highest BCUT2D eigenvalue weighted by Gasteiger charge is 2.30. The second-order valence-electron chi connectivity index (χ2n) is 6.06. The van der Waals surface area contributed by atoms with E-state index in [0.29, 0.717) is 0 Å². The van der Waals surface area contributed by atoms with Gasteiger partial charge in [0.15, 0.2) is 0 Å². The van der Waals surface area contributed by atoms with Gasteiger partial charge < -0.3 is 5.73 Å². The smallest absolute Gasteiger partial charge is 0.0180 e. The molecule has 0 amide bonds. The lowest BCUT2D eigenvalue weighted by Crippen LogP contribution is -2.46. The van der Waals surface area contributed by atoms with Gasteiger partial charge in [0.05, 0.1) is 0 Å². The Labute approximate surface area is 109 Å². The van der Waals surface area contributed by atoms with Crippen LogP contribution in [0.3, 0.4) is 0 Å². The van der Waals surface area contributed by atoms with Gasteiger partial charge in [-0.1, -0.05) is 71.6 Å². The molecule has 0 aliphatic heterocycles. The molecule has 0 heterocycles. The minimum absolute atomic E-state index is 0.133. The fourth-order valence-electron chi connectivity index (χ4n) is 3.47. The third-order valence-electron chi connectivity index (χ3n) is 4.91. The molecule has 2 atom stereocenters. The number of hydrogen-bond acceptors (Lipinski definition) is 1. The normalized spacial score (nSPS) is 33.7. The molecule has 2 unspecified atom stereocenters. The Bertz CT molecular complexity index is 190. The van der Waals surface area contributed by atoms with Crippen LogP contribution in [0.4, 0.5) is 0 Å². The van der Waals surface area contributed by atoms with Crippen molar-refractivity contribution >= 4 is 0 Å². The van der Waals surface area contributed by atoms with Crippen molar-refractivity contribution < 1.29 is 0 Å². The van der Waals surface area contributed by atoms with Crippen molar-refractivity contribution in [3.05, 3.63) is 0 Å². The van der Waals surface area contributed by atoms with Gasteiger partial charge in [-0.2, -0.15) is 0 Å². The minimum Gasteiger partial charge on any atom is -0.325 e. The summed E-state index contributed by atoms with van der Waals surface area (Å²) in [7, 11) is 0. The zero-order chi connectivity index (χ0) is 12.6. The summed E-state index contributed by atoms with van der Waals surface area (Å²) in [4.78, 5) is 0. The highest BCUT2D eigenvalue weighted by molar-refractivity contribution is 4.89. The van der Waals surface area contributed by atoms with Gasteiger partial charge in [-0.05, 0) is 25.2 Å². The van der Waals surface area contributed by atoms with Gasteiger partial charge in [0, 0.05) is 5.54 Å². The topological polar surface area (TPSA) is 26.0 Å². The van der Waals surface area contributed by atoms with E-state index in [1.807, 2.05) is 0 Å². The summed E-state index contributed by atoms with van der Waals surface area (Å²) < 4.78 is 0.